The Labute approximate surface area is 126 Å². The Hall–Kier alpha value is -2.21. The SMILES string of the molecule is CCCNc1nc(Nc2ccc(F)cc2)c2ccsc2n1. The molecule has 2 aromatic heterocycles. The normalized spacial score (nSPS) is 10.8. The van der Waals surface area contributed by atoms with Crippen molar-refractivity contribution >= 4 is 39.0 Å². The van der Waals surface area contributed by atoms with Gasteiger partial charge in [0.05, 0.1) is 5.39 Å². The molecule has 0 radical (unpaired) electrons. The van der Waals surface area contributed by atoms with Gasteiger partial charge in [0.25, 0.3) is 0 Å². The monoisotopic (exact) mass is 302 g/mol. The molecule has 1 aromatic carbocycles. The highest BCUT2D eigenvalue weighted by Crippen LogP contribution is 2.28. The number of benzene rings is 1. The van der Waals surface area contributed by atoms with Crippen molar-refractivity contribution in [3.63, 3.8) is 0 Å². The Morgan fingerprint density at radius 3 is 2.71 bits per heavy atom. The van der Waals surface area contributed by atoms with Gasteiger partial charge in [0.15, 0.2) is 0 Å². The zero-order valence-electron chi connectivity index (χ0n) is 11.6. The van der Waals surface area contributed by atoms with Crippen molar-refractivity contribution in [1.29, 1.82) is 0 Å². The molecule has 0 fully saturated rings. The summed E-state index contributed by atoms with van der Waals surface area (Å²) in [5.41, 5.74) is 0.795. The molecular formula is C15H15FN4S. The number of nitrogens with zero attached hydrogens (tertiary/aromatic N) is 2. The Morgan fingerprint density at radius 2 is 1.95 bits per heavy atom. The lowest BCUT2D eigenvalue weighted by Crippen LogP contribution is -2.06. The number of fused-ring (bicyclic) bond motifs is 1. The van der Waals surface area contributed by atoms with Crippen molar-refractivity contribution in [2.45, 2.75) is 13.3 Å². The van der Waals surface area contributed by atoms with Gasteiger partial charge in [-0.1, -0.05) is 6.92 Å². The minimum absolute atomic E-state index is 0.255. The second-order valence-electron chi connectivity index (χ2n) is 4.59. The van der Waals surface area contributed by atoms with E-state index in [2.05, 4.69) is 27.5 Å². The van der Waals surface area contributed by atoms with E-state index in [1.165, 1.54) is 12.1 Å². The van der Waals surface area contributed by atoms with Gasteiger partial charge in [-0.25, -0.2) is 9.37 Å². The molecule has 4 nitrogen and oxygen atoms in total. The summed E-state index contributed by atoms with van der Waals surface area (Å²) >= 11 is 1.57. The van der Waals surface area contributed by atoms with E-state index < -0.39 is 0 Å². The standard InChI is InChI=1S/C15H15FN4S/c1-2-8-17-15-19-13(12-7-9-21-14(12)20-15)18-11-5-3-10(16)4-6-11/h3-7,9H,2,8H2,1H3,(H2,17,18,19,20). The highest BCUT2D eigenvalue weighted by molar-refractivity contribution is 7.16. The molecule has 3 rings (SSSR count). The molecule has 0 amide bonds. The zero-order valence-corrected chi connectivity index (χ0v) is 12.4. The highest BCUT2D eigenvalue weighted by Gasteiger charge is 2.09. The summed E-state index contributed by atoms with van der Waals surface area (Å²) in [6, 6.07) is 8.20. The van der Waals surface area contributed by atoms with Gasteiger partial charge in [-0.05, 0) is 42.1 Å². The first-order valence-corrected chi connectivity index (χ1v) is 7.66. The third kappa shape index (κ3) is 3.11. The van der Waals surface area contributed by atoms with Crippen LogP contribution in [0.25, 0.3) is 10.2 Å². The molecule has 0 aliphatic rings. The average molecular weight is 302 g/mol. The molecule has 0 bridgehead atoms. The predicted octanol–water partition coefficient (Wildman–Crippen LogP) is 4.40. The lowest BCUT2D eigenvalue weighted by Gasteiger charge is -2.09. The molecule has 0 saturated heterocycles. The van der Waals surface area contributed by atoms with E-state index in [9.17, 15) is 4.39 Å². The van der Waals surface area contributed by atoms with E-state index in [1.807, 2.05) is 11.4 Å². The number of anilines is 3. The predicted molar refractivity (Wildman–Crippen MR) is 85.9 cm³/mol. The van der Waals surface area contributed by atoms with Crippen molar-refractivity contribution < 1.29 is 4.39 Å². The summed E-state index contributed by atoms with van der Waals surface area (Å²) in [6.07, 6.45) is 1.01. The van der Waals surface area contributed by atoms with Gasteiger partial charge in [0.2, 0.25) is 5.95 Å². The first-order chi connectivity index (χ1) is 10.3. The van der Waals surface area contributed by atoms with Crippen LogP contribution in [0.5, 0.6) is 0 Å². The largest absolute Gasteiger partial charge is 0.354 e. The lowest BCUT2D eigenvalue weighted by atomic mass is 10.3. The van der Waals surface area contributed by atoms with Crippen LogP contribution in [0.2, 0.25) is 0 Å². The maximum absolute atomic E-state index is 13.0. The number of thiophene rings is 1. The Bertz CT molecular complexity index is 739. The summed E-state index contributed by atoms with van der Waals surface area (Å²) in [6.45, 7) is 2.92. The third-order valence-electron chi connectivity index (χ3n) is 2.97. The molecule has 0 unspecified atom stereocenters. The first kappa shape index (κ1) is 13.8. The van der Waals surface area contributed by atoms with Crippen molar-refractivity contribution in [3.8, 4) is 0 Å². The Kier molecular flexibility index (Phi) is 3.96. The van der Waals surface area contributed by atoms with Crippen LogP contribution >= 0.6 is 11.3 Å². The van der Waals surface area contributed by atoms with Gasteiger partial charge in [0, 0.05) is 12.2 Å². The van der Waals surface area contributed by atoms with Gasteiger partial charge in [0.1, 0.15) is 16.5 Å². The second-order valence-corrected chi connectivity index (χ2v) is 5.49. The number of aromatic nitrogens is 2. The maximum atomic E-state index is 13.0. The van der Waals surface area contributed by atoms with E-state index in [-0.39, 0.29) is 5.82 Å². The fourth-order valence-corrected chi connectivity index (χ4v) is 2.70. The fourth-order valence-electron chi connectivity index (χ4n) is 1.94. The van der Waals surface area contributed by atoms with Gasteiger partial charge in [-0.15, -0.1) is 11.3 Å². The van der Waals surface area contributed by atoms with Crippen molar-refractivity contribution in [3.05, 3.63) is 41.5 Å². The first-order valence-electron chi connectivity index (χ1n) is 6.78. The second kappa shape index (κ2) is 6.05. The number of hydrogen-bond acceptors (Lipinski definition) is 5. The zero-order chi connectivity index (χ0) is 14.7. The van der Waals surface area contributed by atoms with Gasteiger partial charge < -0.3 is 10.6 Å². The molecule has 0 aliphatic heterocycles. The molecule has 0 saturated carbocycles. The third-order valence-corrected chi connectivity index (χ3v) is 3.77. The van der Waals surface area contributed by atoms with E-state index >= 15 is 0 Å². The summed E-state index contributed by atoms with van der Waals surface area (Å²) in [5.74, 6) is 1.08. The molecular weight excluding hydrogens is 287 g/mol. The van der Waals surface area contributed by atoms with Gasteiger partial charge >= 0.3 is 0 Å². The molecule has 21 heavy (non-hydrogen) atoms. The summed E-state index contributed by atoms with van der Waals surface area (Å²) in [4.78, 5) is 9.92. The topological polar surface area (TPSA) is 49.8 Å². The van der Waals surface area contributed by atoms with E-state index in [4.69, 9.17) is 0 Å². The number of hydrogen-bond donors (Lipinski definition) is 2. The van der Waals surface area contributed by atoms with Crippen LogP contribution in [0.1, 0.15) is 13.3 Å². The Balaban J connectivity index is 1.95. The maximum Gasteiger partial charge on any atom is 0.226 e. The van der Waals surface area contributed by atoms with Crippen LogP contribution in [-0.2, 0) is 0 Å². The fraction of sp³-hybridized carbons (Fsp3) is 0.200. The number of halogens is 1. The quantitative estimate of drug-likeness (QED) is 0.733. The van der Waals surface area contributed by atoms with Crippen molar-refractivity contribution in [1.82, 2.24) is 9.97 Å². The molecule has 6 heteroatoms. The van der Waals surface area contributed by atoms with Crippen LogP contribution in [0.3, 0.4) is 0 Å². The van der Waals surface area contributed by atoms with Crippen molar-refractivity contribution in [2.75, 3.05) is 17.2 Å². The molecule has 2 heterocycles. The minimum atomic E-state index is -0.255. The lowest BCUT2D eigenvalue weighted by molar-refractivity contribution is 0.628. The number of rotatable bonds is 5. The summed E-state index contributed by atoms with van der Waals surface area (Å²) < 4.78 is 13.0. The average Bonchev–Trinajstić information content (AvgIpc) is 2.96. The van der Waals surface area contributed by atoms with E-state index in [0.717, 1.165) is 34.7 Å². The minimum Gasteiger partial charge on any atom is -0.354 e. The molecule has 0 spiro atoms. The van der Waals surface area contributed by atoms with Crippen molar-refractivity contribution in [2.24, 2.45) is 0 Å². The summed E-state index contributed by atoms with van der Waals surface area (Å²) in [5, 5.41) is 9.37. The van der Waals surface area contributed by atoms with Crippen LogP contribution in [0.15, 0.2) is 35.7 Å². The molecule has 108 valence electrons. The molecule has 2 N–H and O–H groups in total. The van der Waals surface area contributed by atoms with Crippen LogP contribution < -0.4 is 10.6 Å². The van der Waals surface area contributed by atoms with Gasteiger partial charge in [-0.3, -0.25) is 0 Å². The smallest absolute Gasteiger partial charge is 0.226 e. The highest BCUT2D eigenvalue weighted by atomic mass is 32.1. The molecule has 3 aromatic rings. The van der Waals surface area contributed by atoms with Crippen LogP contribution in [0, 0.1) is 5.82 Å². The number of nitrogens with one attached hydrogen (secondary N) is 2. The molecule has 0 atom stereocenters. The summed E-state index contributed by atoms with van der Waals surface area (Å²) in [7, 11) is 0. The van der Waals surface area contributed by atoms with Crippen LogP contribution in [0.4, 0.5) is 21.8 Å². The van der Waals surface area contributed by atoms with E-state index in [0.29, 0.717) is 5.95 Å². The Morgan fingerprint density at radius 1 is 1.14 bits per heavy atom. The van der Waals surface area contributed by atoms with Gasteiger partial charge in [-0.2, -0.15) is 4.98 Å². The molecule has 0 aliphatic carbocycles. The van der Waals surface area contributed by atoms with Crippen LogP contribution in [-0.4, -0.2) is 16.5 Å². The van der Waals surface area contributed by atoms with E-state index in [1.54, 1.807) is 23.5 Å².